The van der Waals surface area contributed by atoms with Crippen LogP contribution in [0.25, 0.3) is 27.1 Å². The van der Waals surface area contributed by atoms with Crippen LogP contribution in [0.2, 0.25) is 0 Å². The van der Waals surface area contributed by atoms with Crippen molar-refractivity contribution in [2.45, 2.75) is 6.92 Å². The van der Waals surface area contributed by atoms with Crippen molar-refractivity contribution in [3.05, 3.63) is 48.3 Å². The van der Waals surface area contributed by atoms with Gasteiger partial charge in [-0.1, -0.05) is 0 Å². The predicted octanol–water partition coefficient (Wildman–Crippen LogP) is 4.07. The van der Waals surface area contributed by atoms with Gasteiger partial charge in [0, 0.05) is 40.1 Å². The molecule has 5 nitrogen and oxygen atoms in total. The Morgan fingerprint density at radius 1 is 0.643 bits per heavy atom. The van der Waals surface area contributed by atoms with Gasteiger partial charge < -0.3 is 18.9 Å². The molecule has 2 heterocycles. The van der Waals surface area contributed by atoms with Gasteiger partial charge >= 0.3 is 0 Å². The Morgan fingerprint density at radius 3 is 1.71 bits per heavy atom. The molecule has 0 saturated carbocycles. The molecule has 0 aliphatic carbocycles. The van der Waals surface area contributed by atoms with Crippen molar-refractivity contribution in [1.82, 2.24) is 0 Å². The summed E-state index contributed by atoms with van der Waals surface area (Å²) >= 11 is 0. The maximum absolute atomic E-state index is 5.51. The Labute approximate surface area is 178 Å². The molecule has 0 aliphatic rings. The van der Waals surface area contributed by atoms with Crippen LogP contribution in [0.5, 0.6) is 23.0 Å². The summed E-state index contributed by atoms with van der Waals surface area (Å²) < 4.78 is 24.1. The van der Waals surface area contributed by atoms with Crippen molar-refractivity contribution in [2.75, 3.05) is 28.4 Å². The topological polar surface area (TPSA) is 41.0 Å². The summed E-state index contributed by atoms with van der Waals surface area (Å²) in [6.45, 7) is 2.10. The summed E-state index contributed by atoms with van der Waals surface area (Å²) in [5.74, 6) is 2.87. The van der Waals surface area contributed by atoms with Gasteiger partial charge in [-0.05, 0) is 35.0 Å². The Kier molecular flexibility index (Phi) is 5.66. The van der Waals surface area contributed by atoms with Crippen LogP contribution in [0.1, 0.15) is 5.69 Å². The first-order chi connectivity index (χ1) is 13.1. The van der Waals surface area contributed by atoms with E-state index in [2.05, 4.69) is 29.7 Å². The Morgan fingerprint density at radius 2 is 1.14 bits per heavy atom. The average molecular weight is 548 g/mol. The molecule has 2 aromatic heterocycles. The zero-order chi connectivity index (χ0) is 19.1. The van der Waals surface area contributed by atoms with E-state index in [1.54, 1.807) is 28.4 Å². The van der Waals surface area contributed by atoms with Gasteiger partial charge in [0.1, 0.15) is 0 Å². The third-order valence-electron chi connectivity index (χ3n) is 5.09. The smallest absolute Gasteiger partial charge is 0.219 e. The van der Waals surface area contributed by atoms with Gasteiger partial charge in [-0.3, -0.25) is 0 Å². The number of methoxy groups -OCH3 is 4. The molecule has 0 aliphatic heterocycles. The zero-order valence-electron chi connectivity index (χ0n) is 16.5. The van der Waals surface area contributed by atoms with Gasteiger partial charge in [-0.15, -0.1) is 0 Å². The van der Waals surface area contributed by atoms with Gasteiger partial charge in [0.15, 0.2) is 34.9 Å². The van der Waals surface area contributed by atoms with E-state index in [4.69, 9.17) is 18.9 Å². The molecule has 0 bridgehead atoms. The van der Waals surface area contributed by atoms with E-state index in [0.29, 0.717) is 11.5 Å². The largest absolute Gasteiger partial charge is 0.493 e. The first kappa shape index (κ1) is 20.2. The standard InChI is InChI=1S/C22H22NO4.W/c1-13-16-11-21(26-4)20(25-3)10-15(16)8-18-17-12-22(27-5)19(24-2)9-14(17)6-7-23(13)18;/h6-12H,1-5H3;/q+1;. The molecular weight excluding hydrogens is 526 g/mol. The molecule has 4 aromatic rings. The van der Waals surface area contributed by atoms with Gasteiger partial charge in [0.25, 0.3) is 0 Å². The number of aromatic nitrogens is 1. The third-order valence-corrected chi connectivity index (χ3v) is 5.09. The molecule has 0 saturated heterocycles. The van der Waals surface area contributed by atoms with E-state index in [1.165, 1.54) is 0 Å². The fourth-order valence-corrected chi connectivity index (χ4v) is 3.66. The van der Waals surface area contributed by atoms with E-state index >= 15 is 0 Å². The Balaban J connectivity index is 0.00000225. The summed E-state index contributed by atoms with van der Waals surface area (Å²) in [7, 11) is 6.61. The molecule has 0 radical (unpaired) electrons. The first-order valence-corrected chi connectivity index (χ1v) is 8.66. The summed E-state index contributed by atoms with van der Waals surface area (Å²) in [6.07, 6.45) is 2.08. The quantitative estimate of drug-likeness (QED) is 0.219. The molecule has 28 heavy (non-hydrogen) atoms. The number of hydrogen-bond donors (Lipinski definition) is 0. The van der Waals surface area contributed by atoms with E-state index < -0.39 is 0 Å². The van der Waals surface area contributed by atoms with Gasteiger partial charge in [0.05, 0.1) is 39.2 Å². The monoisotopic (exact) mass is 548 g/mol. The van der Waals surface area contributed by atoms with E-state index in [-0.39, 0.29) is 21.1 Å². The summed E-state index contributed by atoms with van der Waals surface area (Å²) in [5.41, 5.74) is 2.21. The van der Waals surface area contributed by atoms with Crippen LogP contribution in [0.4, 0.5) is 0 Å². The second kappa shape index (κ2) is 7.84. The number of benzene rings is 2. The van der Waals surface area contributed by atoms with Crippen LogP contribution in [0.15, 0.2) is 42.6 Å². The third kappa shape index (κ3) is 3.04. The molecule has 2 aromatic carbocycles. The fraction of sp³-hybridized carbons (Fsp3) is 0.227. The van der Waals surface area contributed by atoms with Crippen molar-refractivity contribution >= 4 is 27.1 Å². The summed E-state index contributed by atoms with van der Waals surface area (Å²) in [5, 5.41) is 4.39. The fourth-order valence-electron chi connectivity index (χ4n) is 3.66. The number of rotatable bonds is 4. The minimum absolute atomic E-state index is 0. The summed E-state index contributed by atoms with van der Waals surface area (Å²) in [4.78, 5) is 0. The van der Waals surface area contributed by atoms with Gasteiger partial charge in [0.2, 0.25) is 5.52 Å². The van der Waals surface area contributed by atoms with Crippen LogP contribution >= 0.6 is 0 Å². The number of nitrogens with zero attached hydrogens (tertiary/aromatic N) is 1. The Bertz CT molecular complexity index is 1190. The maximum Gasteiger partial charge on any atom is 0.219 e. The van der Waals surface area contributed by atoms with Crippen LogP contribution in [0.3, 0.4) is 0 Å². The van der Waals surface area contributed by atoms with Crippen molar-refractivity contribution < 1.29 is 44.4 Å². The molecule has 144 valence electrons. The maximum atomic E-state index is 5.51. The molecular formula is C22H22NO4W+. The molecule has 0 atom stereocenters. The molecule has 0 spiro atoms. The van der Waals surface area contributed by atoms with E-state index in [1.807, 2.05) is 24.3 Å². The van der Waals surface area contributed by atoms with Gasteiger partial charge in [-0.2, -0.15) is 4.40 Å². The second-order valence-corrected chi connectivity index (χ2v) is 6.39. The number of hydrogen-bond acceptors (Lipinski definition) is 4. The number of pyridine rings is 2. The van der Waals surface area contributed by atoms with E-state index in [9.17, 15) is 0 Å². The van der Waals surface area contributed by atoms with Crippen molar-refractivity contribution in [2.24, 2.45) is 0 Å². The molecule has 0 N–H and O–H groups in total. The minimum Gasteiger partial charge on any atom is -0.493 e. The van der Waals surface area contributed by atoms with Crippen LogP contribution in [-0.4, -0.2) is 28.4 Å². The van der Waals surface area contributed by atoms with Gasteiger partial charge in [-0.25, -0.2) is 0 Å². The number of ether oxygens (including phenoxy) is 4. The molecule has 6 heteroatoms. The number of aryl methyl sites for hydroxylation is 1. The predicted molar refractivity (Wildman–Crippen MR) is 106 cm³/mol. The summed E-state index contributed by atoms with van der Waals surface area (Å²) in [6, 6.07) is 12.3. The van der Waals surface area contributed by atoms with Crippen LogP contribution in [0, 0.1) is 6.92 Å². The van der Waals surface area contributed by atoms with Crippen molar-refractivity contribution in [3.8, 4) is 23.0 Å². The molecule has 4 rings (SSSR count). The molecule has 0 fully saturated rings. The molecule has 0 unspecified atom stereocenters. The average Bonchev–Trinajstić information content (AvgIpc) is 2.71. The number of fused-ring (bicyclic) bond motifs is 4. The minimum atomic E-state index is 0. The Hall–Kier alpha value is -2.52. The van der Waals surface area contributed by atoms with Crippen molar-refractivity contribution in [3.63, 3.8) is 0 Å². The normalized spacial score (nSPS) is 10.8. The van der Waals surface area contributed by atoms with Crippen LogP contribution < -0.4 is 23.3 Å². The van der Waals surface area contributed by atoms with Crippen LogP contribution in [-0.2, 0) is 21.1 Å². The van der Waals surface area contributed by atoms with E-state index in [0.717, 1.165) is 44.3 Å². The molecule has 0 amide bonds. The van der Waals surface area contributed by atoms with Crippen molar-refractivity contribution in [1.29, 1.82) is 0 Å². The second-order valence-electron chi connectivity index (χ2n) is 6.39. The SMILES string of the molecule is COc1cc2cc3c4cc(OC)c(OC)cc4cc[n+]3c(C)c2cc1OC.[W]. The first-order valence-electron chi connectivity index (χ1n) is 8.66. The zero-order valence-corrected chi connectivity index (χ0v) is 19.5.